The maximum absolute atomic E-state index is 13.4. The van der Waals surface area contributed by atoms with Crippen LogP contribution in [0.1, 0.15) is 38.7 Å². The Kier molecular flexibility index (Phi) is 9.32. The van der Waals surface area contributed by atoms with E-state index in [9.17, 15) is 9.59 Å². The number of unbranched alkanes of at least 4 members (excludes halogenated alkanes) is 1. The van der Waals surface area contributed by atoms with Gasteiger partial charge in [-0.2, -0.15) is 0 Å². The Morgan fingerprint density at radius 3 is 2.53 bits per heavy atom. The summed E-state index contributed by atoms with van der Waals surface area (Å²) < 4.78 is 11.3. The van der Waals surface area contributed by atoms with Crippen molar-refractivity contribution in [2.75, 3.05) is 20.3 Å². The number of fused-ring (bicyclic) bond motifs is 1. The molecule has 0 saturated heterocycles. The van der Waals surface area contributed by atoms with Gasteiger partial charge in [0, 0.05) is 18.5 Å². The van der Waals surface area contributed by atoms with Crippen LogP contribution in [0.5, 0.6) is 11.5 Å². The molecule has 0 aromatic heterocycles. The number of hydrogen-bond acceptors (Lipinski definition) is 4. The van der Waals surface area contributed by atoms with Crippen LogP contribution in [0.3, 0.4) is 0 Å². The van der Waals surface area contributed by atoms with Gasteiger partial charge in [0.05, 0.1) is 7.11 Å². The summed E-state index contributed by atoms with van der Waals surface area (Å²) >= 11 is 0. The van der Waals surface area contributed by atoms with Crippen LogP contribution in [-0.2, 0) is 16.1 Å². The molecule has 180 valence electrons. The third-order valence-corrected chi connectivity index (χ3v) is 5.80. The van der Waals surface area contributed by atoms with Gasteiger partial charge in [0.1, 0.15) is 17.5 Å². The molecule has 0 aliphatic heterocycles. The maximum atomic E-state index is 13.4. The number of nitrogens with zero attached hydrogens (tertiary/aromatic N) is 1. The summed E-state index contributed by atoms with van der Waals surface area (Å²) in [7, 11) is 1.61. The molecule has 0 saturated carbocycles. The minimum Gasteiger partial charge on any atom is -0.497 e. The predicted octanol–water partition coefficient (Wildman–Crippen LogP) is 4.95. The smallest absolute Gasteiger partial charge is 0.261 e. The lowest BCUT2D eigenvalue weighted by Crippen LogP contribution is -2.50. The van der Waals surface area contributed by atoms with Crippen molar-refractivity contribution in [3.05, 3.63) is 72.3 Å². The topological polar surface area (TPSA) is 67.9 Å². The standard InChI is InChI=1S/C28H34N2O4/c1-4-6-17-29-28(32)25(5-2)30(19-21-11-9-14-23(18-21)33-3)27(31)20-34-26-16-10-13-22-12-7-8-15-24(22)26/h7-16,18,25H,4-6,17,19-20H2,1-3H3,(H,29,32)/t25-/m1/s1. The summed E-state index contributed by atoms with van der Waals surface area (Å²) in [4.78, 5) is 28.0. The van der Waals surface area contributed by atoms with Gasteiger partial charge in [-0.1, -0.05) is 68.8 Å². The number of ether oxygens (including phenoxy) is 2. The highest BCUT2D eigenvalue weighted by Gasteiger charge is 2.29. The SMILES string of the molecule is CCCCNC(=O)[C@@H](CC)N(Cc1cccc(OC)c1)C(=O)COc1cccc2ccccc12. The molecule has 0 radical (unpaired) electrons. The number of benzene rings is 3. The monoisotopic (exact) mass is 462 g/mol. The fraction of sp³-hybridized carbons (Fsp3) is 0.357. The lowest BCUT2D eigenvalue weighted by Gasteiger charge is -2.30. The molecule has 1 atom stereocenters. The van der Waals surface area contributed by atoms with Gasteiger partial charge in [-0.3, -0.25) is 9.59 Å². The first-order chi connectivity index (χ1) is 16.6. The normalized spacial score (nSPS) is 11.6. The summed E-state index contributed by atoms with van der Waals surface area (Å²) in [6.07, 6.45) is 2.39. The number of carbonyl (C=O) groups excluding carboxylic acids is 2. The first-order valence-corrected chi connectivity index (χ1v) is 11.9. The molecule has 0 fully saturated rings. The summed E-state index contributed by atoms with van der Waals surface area (Å²) in [5.74, 6) is 0.969. The molecule has 0 unspecified atom stereocenters. The highest BCUT2D eigenvalue weighted by molar-refractivity contribution is 5.90. The van der Waals surface area contributed by atoms with Crippen molar-refractivity contribution in [3.8, 4) is 11.5 Å². The zero-order chi connectivity index (χ0) is 24.3. The Hall–Kier alpha value is -3.54. The summed E-state index contributed by atoms with van der Waals surface area (Å²) in [6, 6.07) is 20.6. The molecule has 0 spiro atoms. The number of methoxy groups -OCH3 is 1. The number of nitrogens with one attached hydrogen (secondary N) is 1. The second-order valence-corrected chi connectivity index (χ2v) is 8.21. The molecule has 0 aliphatic carbocycles. The molecule has 0 bridgehead atoms. The van der Waals surface area contributed by atoms with Gasteiger partial charge in [-0.15, -0.1) is 0 Å². The largest absolute Gasteiger partial charge is 0.497 e. The van der Waals surface area contributed by atoms with E-state index in [0.717, 1.165) is 29.2 Å². The molecule has 6 nitrogen and oxygen atoms in total. The Morgan fingerprint density at radius 2 is 1.76 bits per heavy atom. The van der Waals surface area contributed by atoms with Gasteiger partial charge in [0.15, 0.2) is 6.61 Å². The van der Waals surface area contributed by atoms with Crippen LogP contribution in [-0.4, -0.2) is 43.0 Å². The molecule has 1 N–H and O–H groups in total. The third-order valence-electron chi connectivity index (χ3n) is 5.80. The highest BCUT2D eigenvalue weighted by Crippen LogP contribution is 2.25. The fourth-order valence-corrected chi connectivity index (χ4v) is 3.94. The Labute approximate surface area is 201 Å². The zero-order valence-electron chi connectivity index (χ0n) is 20.3. The summed E-state index contributed by atoms with van der Waals surface area (Å²) in [5.41, 5.74) is 0.887. The lowest BCUT2D eigenvalue weighted by molar-refractivity contribution is -0.142. The summed E-state index contributed by atoms with van der Waals surface area (Å²) in [6.45, 7) is 4.72. The van der Waals surface area contributed by atoms with E-state index in [2.05, 4.69) is 12.2 Å². The number of rotatable bonds is 12. The first kappa shape index (κ1) is 25.1. The van der Waals surface area contributed by atoms with E-state index in [4.69, 9.17) is 9.47 Å². The van der Waals surface area contributed by atoms with Crippen LogP contribution in [0, 0.1) is 0 Å². The van der Waals surface area contributed by atoms with Crippen molar-refractivity contribution in [2.45, 2.75) is 45.7 Å². The van der Waals surface area contributed by atoms with E-state index in [0.29, 0.717) is 24.5 Å². The van der Waals surface area contributed by atoms with Crippen molar-refractivity contribution in [2.24, 2.45) is 0 Å². The number of hydrogen-bond donors (Lipinski definition) is 1. The van der Waals surface area contributed by atoms with Crippen molar-refractivity contribution in [1.29, 1.82) is 0 Å². The second-order valence-electron chi connectivity index (χ2n) is 8.21. The van der Waals surface area contributed by atoms with E-state index in [1.165, 1.54) is 0 Å². The molecular weight excluding hydrogens is 428 g/mol. The lowest BCUT2D eigenvalue weighted by atomic mass is 10.1. The molecule has 6 heteroatoms. The van der Waals surface area contributed by atoms with Crippen LogP contribution in [0.2, 0.25) is 0 Å². The molecule has 3 aromatic rings. The minimum absolute atomic E-state index is 0.141. The second kappa shape index (κ2) is 12.6. The van der Waals surface area contributed by atoms with Gasteiger partial charge in [0.25, 0.3) is 5.91 Å². The van der Waals surface area contributed by atoms with E-state index in [-0.39, 0.29) is 25.0 Å². The van der Waals surface area contributed by atoms with Crippen molar-refractivity contribution < 1.29 is 19.1 Å². The average Bonchev–Trinajstić information content (AvgIpc) is 2.87. The zero-order valence-corrected chi connectivity index (χ0v) is 20.3. The van der Waals surface area contributed by atoms with Gasteiger partial charge < -0.3 is 19.7 Å². The molecule has 34 heavy (non-hydrogen) atoms. The fourth-order valence-electron chi connectivity index (χ4n) is 3.94. The quantitative estimate of drug-likeness (QED) is 0.387. The maximum Gasteiger partial charge on any atom is 0.261 e. The van der Waals surface area contributed by atoms with Crippen LogP contribution in [0.25, 0.3) is 10.8 Å². The number of amides is 2. The molecule has 3 rings (SSSR count). The van der Waals surface area contributed by atoms with Gasteiger partial charge in [-0.05, 0) is 42.0 Å². The molecule has 0 heterocycles. The van der Waals surface area contributed by atoms with Crippen LogP contribution in [0.4, 0.5) is 0 Å². The van der Waals surface area contributed by atoms with Crippen molar-refractivity contribution >= 4 is 22.6 Å². The predicted molar refractivity (Wildman–Crippen MR) is 135 cm³/mol. The average molecular weight is 463 g/mol. The Morgan fingerprint density at radius 1 is 1.00 bits per heavy atom. The minimum atomic E-state index is -0.591. The Bertz CT molecular complexity index is 1090. The van der Waals surface area contributed by atoms with Crippen LogP contribution >= 0.6 is 0 Å². The molecule has 3 aromatic carbocycles. The van der Waals surface area contributed by atoms with Crippen LogP contribution in [0.15, 0.2) is 66.7 Å². The Balaban J connectivity index is 1.81. The number of carbonyl (C=O) groups is 2. The first-order valence-electron chi connectivity index (χ1n) is 11.9. The van der Waals surface area contributed by atoms with E-state index in [1.807, 2.05) is 73.7 Å². The highest BCUT2D eigenvalue weighted by atomic mass is 16.5. The van der Waals surface area contributed by atoms with Crippen LogP contribution < -0.4 is 14.8 Å². The van der Waals surface area contributed by atoms with Gasteiger partial charge >= 0.3 is 0 Å². The van der Waals surface area contributed by atoms with E-state index in [1.54, 1.807) is 12.0 Å². The van der Waals surface area contributed by atoms with Crippen molar-refractivity contribution in [1.82, 2.24) is 10.2 Å². The third kappa shape index (κ3) is 6.50. The molecular formula is C28H34N2O4. The van der Waals surface area contributed by atoms with E-state index < -0.39 is 6.04 Å². The van der Waals surface area contributed by atoms with E-state index >= 15 is 0 Å². The van der Waals surface area contributed by atoms with Gasteiger partial charge in [-0.25, -0.2) is 0 Å². The summed E-state index contributed by atoms with van der Waals surface area (Å²) in [5, 5.41) is 4.97. The molecule has 2 amide bonds. The van der Waals surface area contributed by atoms with Crippen molar-refractivity contribution in [3.63, 3.8) is 0 Å². The van der Waals surface area contributed by atoms with Gasteiger partial charge in [0.2, 0.25) is 5.91 Å². The molecule has 0 aliphatic rings.